The Bertz CT molecular complexity index is 624. The second kappa shape index (κ2) is 6.88. The first-order valence-electron chi connectivity index (χ1n) is 6.24. The minimum atomic E-state index is -3.47. The summed E-state index contributed by atoms with van der Waals surface area (Å²) in [6.45, 7) is 0.305. The van der Waals surface area contributed by atoms with Crippen LogP contribution in [0.2, 0.25) is 0 Å². The number of benzene rings is 1. The van der Waals surface area contributed by atoms with Gasteiger partial charge in [0.05, 0.1) is 4.90 Å². The number of hydrogen-bond acceptors (Lipinski definition) is 3. The van der Waals surface area contributed by atoms with Crippen molar-refractivity contribution in [2.24, 2.45) is 0 Å². The van der Waals surface area contributed by atoms with Gasteiger partial charge in [-0.1, -0.05) is 12.1 Å². The average Bonchev–Trinajstić information content (AvgIpc) is 2.93. The number of sulfonamides is 1. The second-order valence-corrected chi connectivity index (χ2v) is 6.41. The summed E-state index contributed by atoms with van der Waals surface area (Å²) < 4.78 is 26.7. The number of hydrogen-bond donors (Lipinski definition) is 2. The van der Waals surface area contributed by atoms with Crippen LogP contribution in [-0.2, 0) is 22.9 Å². The quantitative estimate of drug-likeness (QED) is 0.764. The maximum atomic E-state index is 12.1. The van der Waals surface area contributed by atoms with Gasteiger partial charge >= 0.3 is 0 Å². The molecule has 0 amide bonds. The molecule has 0 atom stereocenters. The summed E-state index contributed by atoms with van der Waals surface area (Å²) in [6.07, 6.45) is 4.60. The molecule has 5 nitrogen and oxygen atoms in total. The number of halogens is 1. The lowest BCUT2D eigenvalue weighted by molar-refractivity contribution is 0.581. The van der Waals surface area contributed by atoms with E-state index in [2.05, 4.69) is 14.7 Å². The smallest absolute Gasteiger partial charge is 0.240 e. The summed E-state index contributed by atoms with van der Waals surface area (Å²) in [5.41, 5.74) is 1.02. The lowest BCUT2D eigenvalue weighted by Gasteiger charge is -2.06. The number of rotatable bonds is 7. The summed E-state index contributed by atoms with van der Waals surface area (Å²) >= 11 is 5.64. The van der Waals surface area contributed by atoms with Crippen LogP contribution < -0.4 is 4.72 Å². The van der Waals surface area contributed by atoms with E-state index in [1.807, 2.05) is 0 Å². The molecule has 2 aromatic rings. The normalized spacial score (nSPS) is 11.7. The average molecular weight is 314 g/mol. The molecule has 0 aliphatic carbocycles. The van der Waals surface area contributed by atoms with Crippen molar-refractivity contribution in [3.8, 4) is 0 Å². The Morgan fingerprint density at radius 2 is 1.95 bits per heavy atom. The van der Waals surface area contributed by atoms with Crippen LogP contribution in [0.4, 0.5) is 0 Å². The fourth-order valence-electron chi connectivity index (χ4n) is 1.77. The first-order valence-corrected chi connectivity index (χ1v) is 8.26. The van der Waals surface area contributed by atoms with Gasteiger partial charge in [0, 0.05) is 31.2 Å². The molecular formula is C13H16ClN3O2S. The van der Waals surface area contributed by atoms with Crippen molar-refractivity contribution >= 4 is 21.6 Å². The van der Waals surface area contributed by atoms with Crippen LogP contribution >= 0.6 is 11.6 Å². The summed E-state index contributed by atoms with van der Waals surface area (Å²) in [6, 6.07) is 6.75. The zero-order chi connectivity index (χ0) is 14.4. The van der Waals surface area contributed by atoms with Crippen LogP contribution in [0.15, 0.2) is 41.6 Å². The van der Waals surface area contributed by atoms with Crippen LogP contribution in [-0.4, -0.2) is 30.8 Å². The van der Waals surface area contributed by atoms with E-state index in [1.165, 1.54) is 0 Å². The molecule has 108 valence electrons. The minimum Gasteiger partial charge on any atom is -0.349 e. The molecular weight excluding hydrogens is 298 g/mol. The van der Waals surface area contributed by atoms with E-state index in [-0.39, 0.29) is 4.90 Å². The molecule has 0 bridgehead atoms. The predicted molar refractivity (Wildman–Crippen MR) is 78.3 cm³/mol. The highest BCUT2D eigenvalue weighted by Gasteiger charge is 2.13. The van der Waals surface area contributed by atoms with Crippen molar-refractivity contribution in [3.05, 3.63) is 48.0 Å². The number of aromatic amines is 1. The van der Waals surface area contributed by atoms with Crippen LogP contribution in [0.1, 0.15) is 11.4 Å². The van der Waals surface area contributed by atoms with Crippen LogP contribution in [0, 0.1) is 0 Å². The molecule has 20 heavy (non-hydrogen) atoms. The SMILES string of the molecule is O=S(=O)(NCCc1ncc[nH]1)c1ccc(CCCl)cc1. The first kappa shape index (κ1) is 15.0. The van der Waals surface area contributed by atoms with Gasteiger partial charge in [-0.15, -0.1) is 11.6 Å². The van der Waals surface area contributed by atoms with Crippen molar-refractivity contribution in [1.29, 1.82) is 0 Å². The fourth-order valence-corrected chi connectivity index (χ4v) is 3.02. The summed E-state index contributed by atoms with van der Waals surface area (Å²) in [7, 11) is -3.47. The molecule has 0 fully saturated rings. The van der Waals surface area contributed by atoms with Crippen LogP contribution in [0.25, 0.3) is 0 Å². The van der Waals surface area contributed by atoms with Crippen molar-refractivity contribution in [2.45, 2.75) is 17.7 Å². The number of nitrogens with zero attached hydrogens (tertiary/aromatic N) is 1. The van der Waals surface area contributed by atoms with Crippen LogP contribution in [0.5, 0.6) is 0 Å². The molecule has 0 unspecified atom stereocenters. The third-order valence-electron chi connectivity index (χ3n) is 2.83. The van der Waals surface area contributed by atoms with E-state index < -0.39 is 10.0 Å². The van der Waals surface area contributed by atoms with E-state index in [0.717, 1.165) is 17.8 Å². The van der Waals surface area contributed by atoms with E-state index in [4.69, 9.17) is 11.6 Å². The van der Waals surface area contributed by atoms with Gasteiger partial charge in [-0.25, -0.2) is 18.1 Å². The molecule has 0 aliphatic rings. The van der Waals surface area contributed by atoms with Crippen molar-refractivity contribution in [1.82, 2.24) is 14.7 Å². The Hall–Kier alpha value is -1.37. The third kappa shape index (κ3) is 4.06. The number of aromatic nitrogens is 2. The fraction of sp³-hybridized carbons (Fsp3) is 0.308. The van der Waals surface area contributed by atoms with Crippen molar-refractivity contribution in [2.75, 3.05) is 12.4 Å². The van der Waals surface area contributed by atoms with Gasteiger partial charge in [0.15, 0.2) is 0 Å². The molecule has 1 heterocycles. The second-order valence-electron chi connectivity index (χ2n) is 4.27. The number of nitrogens with one attached hydrogen (secondary N) is 2. The molecule has 0 saturated carbocycles. The Balaban J connectivity index is 1.95. The Labute approximate surface area is 123 Å². The van der Waals surface area contributed by atoms with Crippen molar-refractivity contribution in [3.63, 3.8) is 0 Å². The Morgan fingerprint density at radius 3 is 2.55 bits per heavy atom. The maximum Gasteiger partial charge on any atom is 0.240 e. The largest absolute Gasteiger partial charge is 0.349 e. The van der Waals surface area contributed by atoms with Gasteiger partial charge in [-0.3, -0.25) is 0 Å². The number of H-pyrrole nitrogens is 1. The summed E-state index contributed by atoms with van der Waals surface area (Å²) in [5.74, 6) is 1.28. The van der Waals surface area contributed by atoms with E-state index >= 15 is 0 Å². The molecule has 2 N–H and O–H groups in total. The van der Waals surface area contributed by atoms with Gasteiger partial charge in [-0.05, 0) is 24.1 Å². The molecule has 0 radical (unpaired) electrons. The lowest BCUT2D eigenvalue weighted by Crippen LogP contribution is -2.26. The molecule has 0 aliphatic heterocycles. The minimum absolute atomic E-state index is 0.260. The number of imidazole rings is 1. The van der Waals surface area contributed by atoms with Gasteiger partial charge in [0.25, 0.3) is 0 Å². The summed E-state index contributed by atoms with van der Waals surface area (Å²) in [4.78, 5) is 7.22. The van der Waals surface area contributed by atoms with E-state index in [1.54, 1.807) is 36.7 Å². The number of aryl methyl sites for hydroxylation is 1. The monoisotopic (exact) mass is 313 g/mol. The van der Waals surface area contributed by atoms with Crippen molar-refractivity contribution < 1.29 is 8.42 Å². The standard InChI is InChI=1S/C13H16ClN3O2S/c14-7-5-11-1-3-12(4-2-11)20(18,19)17-8-6-13-15-9-10-16-13/h1-4,9-10,17H,5-8H2,(H,15,16). The highest BCUT2D eigenvalue weighted by molar-refractivity contribution is 7.89. The van der Waals surface area contributed by atoms with E-state index in [0.29, 0.717) is 18.8 Å². The van der Waals surface area contributed by atoms with E-state index in [9.17, 15) is 8.42 Å². The molecule has 1 aromatic carbocycles. The molecule has 0 saturated heterocycles. The van der Waals surface area contributed by atoms with Gasteiger partial charge in [0.2, 0.25) is 10.0 Å². The van der Waals surface area contributed by atoms with Gasteiger partial charge in [0.1, 0.15) is 5.82 Å². The molecule has 0 spiro atoms. The maximum absolute atomic E-state index is 12.1. The topological polar surface area (TPSA) is 74.8 Å². The lowest BCUT2D eigenvalue weighted by atomic mass is 10.2. The molecule has 7 heteroatoms. The zero-order valence-corrected chi connectivity index (χ0v) is 12.4. The zero-order valence-electron chi connectivity index (χ0n) is 10.8. The molecule has 2 rings (SSSR count). The van der Waals surface area contributed by atoms with Crippen LogP contribution in [0.3, 0.4) is 0 Å². The first-order chi connectivity index (χ1) is 9.62. The predicted octanol–water partition coefficient (Wildman–Crippen LogP) is 1.71. The molecule has 1 aromatic heterocycles. The third-order valence-corrected chi connectivity index (χ3v) is 4.49. The summed E-state index contributed by atoms with van der Waals surface area (Å²) in [5, 5.41) is 0. The van der Waals surface area contributed by atoms with Gasteiger partial charge in [-0.2, -0.15) is 0 Å². The highest BCUT2D eigenvalue weighted by atomic mass is 35.5. The number of alkyl halides is 1. The highest BCUT2D eigenvalue weighted by Crippen LogP contribution is 2.11. The van der Waals surface area contributed by atoms with Gasteiger partial charge < -0.3 is 4.98 Å². The Kier molecular flexibility index (Phi) is 5.17. The Morgan fingerprint density at radius 1 is 1.20 bits per heavy atom.